The SMILES string of the molecule is O=S(=O)(NCc1ccccn1)Nc1ncnc(OCCOc2ncc(Br)cn2)c1-c1ccc(Cl)cc1. The van der Waals surface area contributed by atoms with Crippen LogP contribution in [0, 0.1) is 0 Å². The molecule has 4 rings (SSSR count). The predicted molar refractivity (Wildman–Crippen MR) is 137 cm³/mol. The number of anilines is 1. The highest BCUT2D eigenvalue weighted by molar-refractivity contribution is 9.10. The summed E-state index contributed by atoms with van der Waals surface area (Å²) in [5.41, 5.74) is 1.48. The molecule has 1 aromatic carbocycles. The summed E-state index contributed by atoms with van der Waals surface area (Å²) in [7, 11) is -4.01. The number of hydrogen-bond donors (Lipinski definition) is 2. The van der Waals surface area contributed by atoms with Crippen molar-refractivity contribution in [1.29, 1.82) is 0 Å². The van der Waals surface area contributed by atoms with Crippen LogP contribution in [-0.2, 0) is 16.8 Å². The van der Waals surface area contributed by atoms with E-state index in [1.54, 1.807) is 61.1 Å². The first kappa shape index (κ1) is 25.7. The second kappa shape index (κ2) is 12.0. The van der Waals surface area contributed by atoms with Crippen molar-refractivity contribution in [3.63, 3.8) is 0 Å². The minimum Gasteiger partial charge on any atom is -0.473 e. The highest BCUT2D eigenvalue weighted by Gasteiger charge is 2.20. The molecule has 186 valence electrons. The van der Waals surface area contributed by atoms with Gasteiger partial charge in [0.1, 0.15) is 19.5 Å². The van der Waals surface area contributed by atoms with Crippen LogP contribution in [-0.4, -0.2) is 46.6 Å². The minimum atomic E-state index is -4.01. The molecule has 11 nitrogen and oxygen atoms in total. The second-order valence-electron chi connectivity index (χ2n) is 7.04. The number of ether oxygens (including phenoxy) is 2. The number of nitrogens with one attached hydrogen (secondary N) is 2. The Balaban J connectivity index is 1.52. The van der Waals surface area contributed by atoms with Crippen molar-refractivity contribution in [2.45, 2.75) is 6.54 Å². The van der Waals surface area contributed by atoms with Gasteiger partial charge in [-0.05, 0) is 45.8 Å². The van der Waals surface area contributed by atoms with E-state index >= 15 is 0 Å². The first-order valence-electron chi connectivity index (χ1n) is 10.4. The molecule has 2 N–H and O–H groups in total. The van der Waals surface area contributed by atoms with Crippen molar-refractivity contribution in [3.05, 3.63) is 82.6 Å². The first-order valence-corrected chi connectivity index (χ1v) is 13.1. The smallest absolute Gasteiger partial charge is 0.316 e. The van der Waals surface area contributed by atoms with Gasteiger partial charge < -0.3 is 9.47 Å². The van der Waals surface area contributed by atoms with Crippen molar-refractivity contribution < 1.29 is 17.9 Å². The maximum atomic E-state index is 12.8. The molecule has 3 heterocycles. The molecular weight excluding hydrogens is 574 g/mol. The highest BCUT2D eigenvalue weighted by atomic mass is 79.9. The van der Waals surface area contributed by atoms with Crippen molar-refractivity contribution >= 4 is 43.6 Å². The quantitative estimate of drug-likeness (QED) is 0.250. The van der Waals surface area contributed by atoms with Gasteiger partial charge in [0.05, 0.1) is 22.3 Å². The van der Waals surface area contributed by atoms with E-state index in [4.69, 9.17) is 21.1 Å². The lowest BCUT2D eigenvalue weighted by molar-refractivity contribution is 0.202. The van der Waals surface area contributed by atoms with E-state index in [0.29, 0.717) is 21.8 Å². The molecule has 0 spiro atoms. The fraction of sp³-hybridized carbons (Fsp3) is 0.136. The molecule has 0 fully saturated rings. The molecule has 0 saturated carbocycles. The van der Waals surface area contributed by atoms with E-state index in [-0.39, 0.29) is 37.5 Å². The molecule has 0 amide bonds. The average Bonchev–Trinajstić information content (AvgIpc) is 2.88. The Morgan fingerprint density at radius 1 is 0.917 bits per heavy atom. The number of hydrogen-bond acceptors (Lipinski definition) is 9. The topological polar surface area (TPSA) is 141 Å². The molecule has 0 atom stereocenters. The Kier molecular flexibility index (Phi) is 8.59. The van der Waals surface area contributed by atoms with Crippen LogP contribution in [0.25, 0.3) is 11.1 Å². The minimum absolute atomic E-state index is 0.00361. The van der Waals surface area contributed by atoms with Gasteiger partial charge in [-0.15, -0.1) is 0 Å². The lowest BCUT2D eigenvalue weighted by Gasteiger charge is -2.16. The number of aromatic nitrogens is 5. The van der Waals surface area contributed by atoms with E-state index in [0.717, 1.165) is 4.47 Å². The molecule has 0 radical (unpaired) electrons. The third-order valence-corrected chi connectivity index (χ3v) is 6.14. The monoisotopic (exact) mass is 591 g/mol. The van der Waals surface area contributed by atoms with Gasteiger partial charge in [-0.1, -0.05) is 29.8 Å². The van der Waals surface area contributed by atoms with Gasteiger partial charge in [-0.3, -0.25) is 9.71 Å². The van der Waals surface area contributed by atoms with Gasteiger partial charge in [-0.25, -0.2) is 19.9 Å². The molecule has 14 heteroatoms. The van der Waals surface area contributed by atoms with Crippen LogP contribution in [0.1, 0.15) is 5.69 Å². The van der Waals surface area contributed by atoms with Crippen LogP contribution < -0.4 is 18.9 Å². The number of halogens is 2. The zero-order valence-corrected chi connectivity index (χ0v) is 21.7. The van der Waals surface area contributed by atoms with E-state index < -0.39 is 10.2 Å². The van der Waals surface area contributed by atoms with E-state index in [1.165, 1.54) is 6.33 Å². The van der Waals surface area contributed by atoms with Crippen LogP contribution in [0.15, 0.2) is 71.9 Å². The lowest BCUT2D eigenvalue weighted by atomic mass is 10.1. The Bertz CT molecular complexity index is 1400. The molecule has 0 aliphatic heterocycles. The molecule has 0 unspecified atom stereocenters. The van der Waals surface area contributed by atoms with Gasteiger partial charge in [0, 0.05) is 23.6 Å². The third kappa shape index (κ3) is 7.31. The normalized spacial score (nSPS) is 11.2. The van der Waals surface area contributed by atoms with Gasteiger partial charge in [0.2, 0.25) is 5.88 Å². The fourth-order valence-corrected chi connectivity index (χ4v) is 4.06. The molecule has 4 aromatic rings. The van der Waals surface area contributed by atoms with Gasteiger partial charge in [0.15, 0.2) is 5.82 Å². The van der Waals surface area contributed by atoms with Crippen LogP contribution in [0.4, 0.5) is 5.82 Å². The number of pyridine rings is 1. The van der Waals surface area contributed by atoms with Gasteiger partial charge in [0.25, 0.3) is 0 Å². The fourth-order valence-electron chi connectivity index (χ4n) is 2.91. The summed E-state index contributed by atoms with van der Waals surface area (Å²) in [6, 6.07) is 12.2. The molecule has 3 aromatic heterocycles. The number of rotatable bonds is 11. The second-order valence-corrected chi connectivity index (χ2v) is 9.89. The lowest BCUT2D eigenvalue weighted by Crippen LogP contribution is -2.30. The van der Waals surface area contributed by atoms with Crippen molar-refractivity contribution in [2.75, 3.05) is 17.9 Å². The van der Waals surface area contributed by atoms with Gasteiger partial charge >= 0.3 is 16.2 Å². The Labute approximate surface area is 220 Å². The van der Waals surface area contributed by atoms with Crippen LogP contribution >= 0.6 is 27.5 Å². The molecule has 0 saturated heterocycles. The predicted octanol–water partition coefficient (Wildman–Crippen LogP) is 3.65. The summed E-state index contributed by atoms with van der Waals surface area (Å²) in [6.45, 7) is 0.204. The first-order chi connectivity index (χ1) is 17.4. The van der Waals surface area contributed by atoms with Crippen LogP contribution in [0.2, 0.25) is 5.02 Å². The van der Waals surface area contributed by atoms with E-state index in [2.05, 4.69) is 50.3 Å². The van der Waals surface area contributed by atoms with Crippen LogP contribution in [0.5, 0.6) is 11.9 Å². The molecule has 0 aliphatic carbocycles. The van der Waals surface area contributed by atoms with Crippen molar-refractivity contribution in [3.8, 4) is 23.0 Å². The maximum absolute atomic E-state index is 12.8. The highest BCUT2D eigenvalue weighted by Crippen LogP contribution is 2.34. The zero-order chi connectivity index (χ0) is 25.4. The molecule has 0 aliphatic rings. The summed E-state index contributed by atoms with van der Waals surface area (Å²) >= 11 is 9.29. The number of benzene rings is 1. The van der Waals surface area contributed by atoms with E-state index in [9.17, 15) is 8.42 Å². The maximum Gasteiger partial charge on any atom is 0.316 e. The Morgan fingerprint density at radius 3 is 2.39 bits per heavy atom. The average molecular weight is 593 g/mol. The molecular formula is C22H19BrClN7O4S. The molecule has 0 bridgehead atoms. The third-order valence-electron chi connectivity index (χ3n) is 4.50. The van der Waals surface area contributed by atoms with Gasteiger partial charge in [-0.2, -0.15) is 13.1 Å². The zero-order valence-electron chi connectivity index (χ0n) is 18.5. The summed E-state index contributed by atoms with van der Waals surface area (Å²) in [4.78, 5) is 20.5. The van der Waals surface area contributed by atoms with Crippen molar-refractivity contribution in [2.24, 2.45) is 0 Å². The van der Waals surface area contributed by atoms with Crippen molar-refractivity contribution in [1.82, 2.24) is 29.6 Å². The number of nitrogens with zero attached hydrogens (tertiary/aromatic N) is 5. The summed E-state index contributed by atoms with van der Waals surface area (Å²) in [6.07, 6.45) is 5.90. The largest absolute Gasteiger partial charge is 0.473 e. The Morgan fingerprint density at radius 2 is 1.67 bits per heavy atom. The standard InChI is InChI=1S/C22H19BrClN7O4S/c23-16-11-26-22(27-12-16)35-10-9-34-21-19(15-4-6-17(24)7-5-15)20(28-14-29-21)31-36(32,33)30-13-18-3-1-2-8-25-18/h1-8,11-12,14,30H,9-10,13H2,(H,28,29,31). The summed E-state index contributed by atoms with van der Waals surface area (Å²) < 4.78 is 42.4. The van der Waals surface area contributed by atoms with Crippen LogP contribution in [0.3, 0.4) is 0 Å². The Hall–Kier alpha value is -3.39. The summed E-state index contributed by atoms with van der Waals surface area (Å²) in [5.74, 6) is 0.170. The van der Waals surface area contributed by atoms with E-state index in [1.807, 2.05) is 0 Å². The molecule has 36 heavy (non-hydrogen) atoms. The summed E-state index contributed by atoms with van der Waals surface area (Å²) in [5, 5.41) is 0.514.